The van der Waals surface area contributed by atoms with Crippen molar-refractivity contribution >= 4 is 11.8 Å². The zero-order valence-electron chi connectivity index (χ0n) is 12.7. The first-order chi connectivity index (χ1) is 8.91. The van der Waals surface area contributed by atoms with E-state index in [1.54, 1.807) is 0 Å². The number of hydrogen-bond donors (Lipinski definition) is 0. The molecule has 0 fully saturated rings. The Morgan fingerprint density at radius 2 is 1.00 bits per heavy atom. The fourth-order valence-electron chi connectivity index (χ4n) is 2.29. The van der Waals surface area contributed by atoms with Gasteiger partial charge in [-0.2, -0.15) is 11.8 Å². The normalized spacial score (nSPS) is 11.0. The summed E-state index contributed by atoms with van der Waals surface area (Å²) < 4.78 is 0. The van der Waals surface area contributed by atoms with Crippen molar-refractivity contribution in [3.63, 3.8) is 0 Å². The second kappa shape index (κ2) is 17.4. The predicted molar refractivity (Wildman–Crippen MR) is 88.4 cm³/mol. The summed E-state index contributed by atoms with van der Waals surface area (Å²) >= 11 is 2.09. The van der Waals surface area contributed by atoms with E-state index >= 15 is 0 Å². The summed E-state index contributed by atoms with van der Waals surface area (Å²) in [5, 5.41) is 0. The first-order valence-electron chi connectivity index (χ1n) is 8.28. The molecular weight excluding hydrogens is 236 g/mol. The van der Waals surface area contributed by atoms with E-state index in [4.69, 9.17) is 0 Å². The molecule has 0 aromatic rings. The third-order valence-electron chi connectivity index (χ3n) is 3.49. The minimum atomic E-state index is 1.12. The van der Waals surface area contributed by atoms with E-state index in [2.05, 4.69) is 25.6 Å². The molecule has 0 aromatic carbocycles. The maximum absolute atomic E-state index is 3.88. The molecule has 0 rings (SSSR count). The Morgan fingerprint density at radius 3 is 1.39 bits per heavy atom. The maximum Gasteiger partial charge on any atom is -0.00676 e. The zero-order chi connectivity index (χ0) is 13.3. The largest absolute Gasteiger partial charge is 0.162 e. The first-order valence-corrected chi connectivity index (χ1v) is 9.44. The Labute approximate surface area is 121 Å². The zero-order valence-corrected chi connectivity index (χ0v) is 13.5. The van der Waals surface area contributed by atoms with Crippen LogP contribution in [0.4, 0.5) is 0 Å². The van der Waals surface area contributed by atoms with Gasteiger partial charge >= 0.3 is 0 Å². The SMILES string of the molecule is [CH2]CCCCCCCCCCCCCCSCC. The van der Waals surface area contributed by atoms with Crippen LogP contribution >= 0.6 is 11.8 Å². The average molecular weight is 272 g/mol. The van der Waals surface area contributed by atoms with E-state index < -0.39 is 0 Å². The summed E-state index contributed by atoms with van der Waals surface area (Å²) in [6, 6.07) is 0. The molecule has 0 aliphatic carbocycles. The Hall–Kier alpha value is 0.350. The fraction of sp³-hybridized carbons (Fsp3) is 0.941. The van der Waals surface area contributed by atoms with Gasteiger partial charge in [-0.3, -0.25) is 0 Å². The van der Waals surface area contributed by atoms with Crippen molar-refractivity contribution in [2.24, 2.45) is 0 Å². The summed E-state index contributed by atoms with van der Waals surface area (Å²) in [6.45, 7) is 6.14. The van der Waals surface area contributed by atoms with Gasteiger partial charge in [-0.1, -0.05) is 90.9 Å². The van der Waals surface area contributed by atoms with E-state index in [1.165, 1.54) is 88.6 Å². The summed E-state index contributed by atoms with van der Waals surface area (Å²) in [5.41, 5.74) is 0. The predicted octanol–water partition coefficient (Wildman–Crippen LogP) is 6.64. The van der Waals surface area contributed by atoms with Crippen molar-refractivity contribution < 1.29 is 0 Å². The molecule has 0 spiro atoms. The fourth-order valence-corrected chi connectivity index (χ4v) is 2.99. The number of hydrogen-bond acceptors (Lipinski definition) is 1. The van der Waals surface area contributed by atoms with Crippen LogP contribution < -0.4 is 0 Å². The molecule has 0 saturated heterocycles. The van der Waals surface area contributed by atoms with Gasteiger partial charge in [0.15, 0.2) is 0 Å². The molecule has 0 aliphatic heterocycles. The smallest absolute Gasteiger partial charge is 0.00676 e. The van der Waals surface area contributed by atoms with Crippen LogP contribution in [-0.4, -0.2) is 11.5 Å². The van der Waals surface area contributed by atoms with Crippen LogP contribution in [0.3, 0.4) is 0 Å². The monoisotopic (exact) mass is 271 g/mol. The van der Waals surface area contributed by atoms with Gasteiger partial charge < -0.3 is 0 Å². The standard InChI is InChI=1S/C17H35S/c1-3-5-6-7-8-9-10-11-12-13-14-15-16-17-18-4-2/h1,3-17H2,2H3. The van der Waals surface area contributed by atoms with Crippen molar-refractivity contribution in [2.75, 3.05) is 11.5 Å². The van der Waals surface area contributed by atoms with Crippen LogP contribution in [0, 0.1) is 6.92 Å². The van der Waals surface area contributed by atoms with E-state index in [1.807, 2.05) is 0 Å². The Kier molecular flexibility index (Phi) is 17.7. The lowest BCUT2D eigenvalue weighted by molar-refractivity contribution is 0.545. The van der Waals surface area contributed by atoms with Crippen LogP contribution in [0.1, 0.15) is 90.4 Å². The Morgan fingerprint density at radius 1 is 0.611 bits per heavy atom. The van der Waals surface area contributed by atoms with Gasteiger partial charge in [0.05, 0.1) is 0 Å². The van der Waals surface area contributed by atoms with E-state index in [9.17, 15) is 0 Å². The van der Waals surface area contributed by atoms with E-state index in [0.717, 1.165) is 6.42 Å². The summed E-state index contributed by atoms with van der Waals surface area (Å²) in [4.78, 5) is 0. The third kappa shape index (κ3) is 16.4. The van der Waals surface area contributed by atoms with Crippen LogP contribution in [0.15, 0.2) is 0 Å². The van der Waals surface area contributed by atoms with Crippen LogP contribution in [0.25, 0.3) is 0 Å². The van der Waals surface area contributed by atoms with Crippen LogP contribution in [0.5, 0.6) is 0 Å². The van der Waals surface area contributed by atoms with Crippen LogP contribution in [0.2, 0.25) is 0 Å². The molecule has 0 atom stereocenters. The molecule has 0 N–H and O–H groups in total. The highest BCUT2D eigenvalue weighted by molar-refractivity contribution is 7.99. The second-order valence-electron chi connectivity index (χ2n) is 5.29. The average Bonchev–Trinajstić information content (AvgIpc) is 2.39. The van der Waals surface area contributed by atoms with Crippen molar-refractivity contribution in [2.45, 2.75) is 90.4 Å². The van der Waals surface area contributed by atoms with Crippen molar-refractivity contribution in [1.82, 2.24) is 0 Å². The molecule has 0 heterocycles. The lowest BCUT2D eigenvalue weighted by Gasteiger charge is -2.02. The molecule has 18 heavy (non-hydrogen) atoms. The van der Waals surface area contributed by atoms with Gasteiger partial charge in [0.1, 0.15) is 0 Å². The minimum absolute atomic E-state index is 1.12. The molecule has 0 aromatic heterocycles. The molecule has 109 valence electrons. The highest BCUT2D eigenvalue weighted by Crippen LogP contribution is 2.13. The van der Waals surface area contributed by atoms with Gasteiger partial charge in [-0.25, -0.2) is 0 Å². The molecule has 0 saturated carbocycles. The van der Waals surface area contributed by atoms with E-state index in [-0.39, 0.29) is 0 Å². The second-order valence-corrected chi connectivity index (χ2v) is 6.69. The highest BCUT2D eigenvalue weighted by Gasteiger charge is 1.93. The molecule has 0 bridgehead atoms. The number of unbranched alkanes of at least 4 members (excludes halogenated alkanes) is 12. The quantitative estimate of drug-likeness (QED) is 0.301. The molecule has 0 aliphatic rings. The van der Waals surface area contributed by atoms with Gasteiger partial charge in [-0.05, 0) is 17.9 Å². The maximum atomic E-state index is 3.88. The number of thioether (sulfide) groups is 1. The van der Waals surface area contributed by atoms with Crippen LogP contribution in [-0.2, 0) is 0 Å². The molecule has 0 unspecified atom stereocenters. The molecular formula is C17H35S. The van der Waals surface area contributed by atoms with Crippen molar-refractivity contribution in [3.05, 3.63) is 6.92 Å². The first kappa shape index (κ1) is 18.4. The number of rotatable bonds is 15. The van der Waals surface area contributed by atoms with Gasteiger partial charge in [0, 0.05) is 0 Å². The summed E-state index contributed by atoms with van der Waals surface area (Å²) in [6.07, 6.45) is 18.4. The molecule has 0 nitrogen and oxygen atoms in total. The van der Waals surface area contributed by atoms with Gasteiger partial charge in [0.25, 0.3) is 0 Å². The van der Waals surface area contributed by atoms with E-state index in [0.29, 0.717) is 0 Å². The highest BCUT2D eigenvalue weighted by atomic mass is 32.2. The molecule has 0 amide bonds. The summed E-state index contributed by atoms with van der Waals surface area (Å²) in [5.74, 6) is 2.67. The summed E-state index contributed by atoms with van der Waals surface area (Å²) in [7, 11) is 0. The van der Waals surface area contributed by atoms with Gasteiger partial charge in [0.2, 0.25) is 0 Å². The van der Waals surface area contributed by atoms with Crippen molar-refractivity contribution in [1.29, 1.82) is 0 Å². The Bertz CT molecular complexity index is 118. The minimum Gasteiger partial charge on any atom is -0.162 e. The lowest BCUT2D eigenvalue weighted by atomic mass is 10.1. The van der Waals surface area contributed by atoms with Gasteiger partial charge in [-0.15, -0.1) is 0 Å². The molecule has 1 heteroatoms. The Balaban J connectivity index is 2.86. The lowest BCUT2D eigenvalue weighted by Crippen LogP contribution is -1.84. The van der Waals surface area contributed by atoms with Crippen molar-refractivity contribution in [3.8, 4) is 0 Å². The molecule has 1 radical (unpaired) electrons. The third-order valence-corrected chi connectivity index (χ3v) is 4.48. The topological polar surface area (TPSA) is 0 Å².